The maximum atomic E-state index is 13.0. The first-order chi connectivity index (χ1) is 13.0. The van der Waals surface area contributed by atoms with Crippen molar-refractivity contribution in [1.29, 1.82) is 0 Å². The lowest BCUT2D eigenvalue weighted by Crippen LogP contribution is -2.27. The summed E-state index contributed by atoms with van der Waals surface area (Å²) in [7, 11) is 0. The van der Waals surface area contributed by atoms with E-state index in [9.17, 15) is 9.59 Å². The van der Waals surface area contributed by atoms with Gasteiger partial charge in [-0.25, -0.2) is 0 Å². The van der Waals surface area contributed by atoms with E-state index in [1.54, 1.807) is 11.8 Å². The van der Waals surface area contributed by atoms with Gasteiger partial charge in [0.05, 0.1) is 6.04 Å². The molecule has 4 heteroatoms. The van der Waals surface area contributed by atoms with E-state index in [1.807, 2.05) is 25.1 Å². The van der Waals surface area contributed by atoms with E-state index in [0.29, 0.717) is 12.1 Å². The molecule has 0 saturated heterocycles. The van der Waals surface area contributed by atoms with Crippen LogP contribution in [0.1, 0.15) is 53.7 Å². The second kappa shape index (κ2) is 7.18. The van der Waals surface area contributed by atoms with Crippen LogP contribution in [0.2, 0.25) is 0 Å². The molecule has 1 aliphatic carbocycles. The molecule has 27 heavy (non-hydrogen) atoms. The van der Waals surface area contributed by atoms with Crippen molar-refractivity contribution in [3.63, 3.8) is 0 Å². The number of nitrogens with zero attached hydrogens (tertiary/aromatic N) is 1. The summed E-state index contributed by atoms with van der Waals surface area (Å²) in [4.78, 5) is 26.5. The highest BCUT2D eigenvalue weighted by Gasteiger charge is 2.25. The first kappa shape index (κ1) is 17.8. The minimum absolute atomic E-state index is 0.0525. The monoisotopic (exact) mass is 362 g/mol. The molecule has 0 spiro atoms. The van der Waals surface area contributed by atoms with Gasteiger partial charge in [-0.1, -0.05) is 12.1 Å². The predicted octanol–water partition coefficient (Wildman–Crippen LogP) is 4.16. The summed E-state index contributed by atoms with van der Waals surface area (Å²) in [6.45, 7) is 4.21. The first-order valence-electron chi connectivity index (χ1n) is 9.87. The second-order valence-electron chi connectivity index (χ2n) is 7.64. The summed E-state index contributed by atoms with van der Waals surface area (Å²) in [5, 5.41) is 3.45. The molecular weight excluding hydrogens is 336 g/mol. The Labute approximate surface area is 160 Å². The van der Waals surface area contributed by atoms with Crippen LogP contribution in [0.5, 0.6) is 0 Å². The Morgan fingerprint density at radius 2 is 1.85 bits per heavy atom. The number of fused-ring (bicyclic) bond motifs is 2. The van der Waals surface area contributed by atoms with Crippen molar-refractivity contribution >= 4 is 23.1 Å². The van der Waals surface area contributed by atoms with Gasteiger partial charge < -0.3 is 10.2 Å². The van der Waals surface area contributed by atoms with E-state index in [1.165, 1.54) is 24.0 Å². The van der Waals surface area contributed by atoms with Crippen LogP contribution in [0, 0.1) is 0 Å². The van der Waals surface area contributed by atoms with Crippen LogP contribution in [0.4, 0.5) is 11.4 Å². The summed E-state index contributed by atoms with van der Waals surface area (Å²) in [6.07, 6.45) is 5.48. The molecule has 4 rings (SSSR count). The van der Waals surface area contributed by atoms with Crippen LogP contribution in [-0.4, -0.2) is 24.3 Å². The van der Waals surface area contributed by atoms with Gasteiger partial charge in [-0.05, 0) is 80.0 Å². The second-order valence-corrected chi connectivity index (χ2v) is 7.64. The topological polar surface area (TPSA) is 49.4 Å². The molecule has 2 aromatic rings. The van der Waals surface area contributed by atoms with Gasteiger partial charge >= 0.3 is 0 Å². The predicted molar refractivity (Wildman–Crippen MR) is 109 cm³/mol. The summed E-state index contributed by atoms with van der Waals surface area (Å²) >= 11 is 0. The van der Waals surface area contributed by atoms with Gasteiger partial charge in [-0.15, -0.1) is 0 Å². The van der Waals surface area contributed by atoms with Gasteiger partial charge in [0, 0.05) is 30.4 Å². The maximum absolute atomic E-state index is 13.0. The van der Waals surface area contributed by atoms with Gasteiger partial charge in [-0.3, -0.25) is 9.59 Å². The summed E-state index contributed by atoms with van der Waals surface area (Å²) in [5.74, 6) is 0.143. The van der Waals surface area contributed by atoms with E-state index in [4.69, 9.17) is 0 Å². The zero-order valence-electron chi connectivity index (χ0n) is 16.0. The minimum atomic E-state index is -0.290. The van der Waals surface area contributed by atoms with E-state index < -0.39 is 0 Å². The Hall–Kier alpha value is -2.62. The number of hydrogen-bond donors (Lipinski definition) is 1. The Morgan fingerprint density at radius 3 is 2.67 bits per heavy atom. The number of carbonyl (C=O) groups is 2. The fraction of sp³-hybridized carbons (Fsp3) is 0.391. The van der Waals surface area contributed by atoms with E-state index >= 15 is 0 Å². The van der Waals surface area contributed by atoms with Gasteiger partial charge in [-0.2, -0.15) is 0 Å². The average molecular weight is 362 g/mol. The number of hydrogen-bond acceptors (Lipinski definition) is 3. The molecule has 1 unspecified atom stereocenters. The highest BCUT2D eigenvalue weighted by atomic mass is 16.2. The third kappa shape index (κ3) is 3.36. The highest BCUT2D eigenvalue weighted by Crippen LogP contribution is 2.31. The Morgan fingerprint density at radius 1 is 1.04 bits per heavy atom. The molecule has 140 valence electrons. The standard InChI is InChI=1S/C23H26N2O2/c1-15(24-21-9-5-7-17-6-3-4-8-20(17)21)23(27)19-10-11-22-18(14-19)12-13-25(22)16(2)26/h5,7,9-11,14-15,24H,3-4,6,8,12-13H2,1-2H3. The Kier molecular flexibility index (Phi) is 4.73. The van der Waals surface area contributed by atoms with Crippen molar-refractivity contribution in [2.24, 2.45) is 0 Å². The summed E-state index contributed by atoms with van der Waals surface area (Å²) in [5.41, 5.74) is 6.61. The number of anilines is 2. The van der Waals surface area contributed by atoms with Gasteiger partial charge in [0.1, 0.15) is 0 Å². The third-order valence-corrected chi connectivity index (χ3v) is 5.80. The highest BCUT2D eigenvalue weighted by molar-refractivity contribution is 6.03. The molecule has 1 heterocycles. The normalized spacial score (nSPS) is 16.4. The summed E-state index contributed by atoms with van der Waals surface area (Å²) < 4.78 is 0. The molecule has 0 aromatic heterocycles. The van der Waals surface area contributed by atoms with E-state index in [0.717, 1.165) is 36.2 Å². The van der Waals surface area contributed by atoms with Crippen molar-refractivity contribution in [3.05, 3.63) is 58.7 Å². The largest absolute Gasteiger partial charge is 0.375 e. The first-order valence-corrected chi connectivity index (χ1v) is 9.87. The summed E-state index contributed by atoms with van der Waals surface area (Å²) in [6, 6.07) is 11.8. The smallest absolute Gasteiger partial charge is 0.223 e. The van der Waals surface area contributed by atoms with Crippen LogP contribution in [0.15, 0.2) is 36.4 Å². The number of amides is 1. The lowest BCUT2D eigenvalue weighted by Gasteiger charge is -2.22. The number of benzene rings is 2. The van der Waals surface area contributed by atoms with Gasteiger partial charge in [0.15, 0.2) is 5.78 Å². The van der Waals surface area contributed by atoms with Crippen molar-refractivity contribution in [3.8, 4) is 0 Å². The number of carbonyl (C=O) groups excluding carboxylic acids is 2. The zero-order chi connectivity index (χ0) is 19.0. The zero-order valence-corrected chi connectivity index (χ0v) is 16.0. The SMILES string of the molecule is CC(=O)N1CCc2cc(C(=O)C(C)Nc3cccc4c3CCCC4)ccc21. The van der Waals surface area contributed by atoms with E-state index in [-0.39, 0.29) is 17.7 Å². The number of rotatable bonds is 4. The van der Waals surface area contributed by atoms with Crippen LogP contribution in [0.25, 0.3) is 0 Å². The lowest BCUT2D eigenvalue weighted by atomic mass is 9.90. The molecule has 1 amide bonds. The molecule has 1 atom stereocenters. The number of Topliss-reactive ketones (excluding diaryl/α,β-unsaturated/α-hetero) is 1. The van der Waals surface area contributed by atoms with Gasteiger partial charge in [0.25, 0.3) is 0 Å². The molecule has 0 bridgehead atoms. The average Bonchev–Trinajstić information content (AvgIpc) is 3.11. The molecule has 4 nitrogen and oxygen atoms in total. The molecule has 1 aliphatic heterocycles. The Bertz CT molecular complexity index is 903. The third-order valence-electron chi connectivity index (χ3n) is 5.80. The fourth-order valence-corrected chi connectivity index (χ4v) is 4.35. The van der Waals surface area contributed by atoms with Crippen LogP contribution < -0.4 is 10.2 Å². The van der Waals surface area contributed by atoms with Gasteiger partial charge in [0.2, 0.25) is 5.91 Å². The molecule has 0 radical (unpaired) electrons. The minimum Gasteiger partial charge on any atom is -0.375 e. The molecule has 0 fully saturated rings. The molecule has 2 aliphatic rings. The molecular formula is C23H26N2O2. The number of nitrogens with one attached hydrogen (secondary N) is 1. The quantitative estimate of drug-likeness (QED) is 0.831. The van der Waals surface area contributed by atoms with Crippen molar-refractivity contribution < 1.29 is 9.59 Å². The maximum Gasteiger partial charge on any atom is 0.223 e. The molecule has 2 aromatic carbocycles. The van der Waals surface area contributed by atoms with Crippen LogP contribution in [0.3, 0.4) is 0 Å². The number of ketones is 1. The lowest BCUT2D eigenvalue weighted by molar-refractivity contribution is -0.116. The fourth-order valence-electron chi connectivity index (χ4n) is 4.35. The molecule has 0 saturated carbocycles. The van der Waals surface area contributed by atoms with Crippen molar-refractivity contribution in [2.45, 2.75) is 52.0 Å². The van der Waals surface area contributed by atoms with Crippen molar-refractivity contribution in [2.75, 3.05) is 16.8 Å². The molecule has 1 N–H and O–H groups in total. The Balaban J connectivity index is 1.53. The van der Waals surface area contributed by atoms with Crippen molar-refractivity contribution in [1.82, 2.24) is 0 Å². The number of aryl methyl sites for hydroxylation is 1. The van der Waals surface area contributed by atoms with Crippen LogP contribution in [-0.2, 0) is 24.1 Å². The van der Waals surface area contributed by atoms with E-state index in [2.05, 4.69) is 23.5 Å². The van der Waals surface area contributed by atoms with Crippen LogP contribution >= 0.6 is 0 Å².